The maximum atomic E-state index is 10.4. The molecule has 0 unspecified atom stereocenters. The summed E-state index contributed by atoms with van der Waals surface area (Å²) in [4.78, 5) is 16.9. The number of benzene rings is 1. The van der Waals surface area contributed by atoms with Crippen molar-refractivity contribution in [2.45, 2.75) is 6.54 Å². The van der Waals surface area contributed by atoms with Crippen LogP contribution in [0.5, 0.6) is 0 Å². The number of rotatable bonds is 4. The van der Waals surface area contributed by atoms with Crippen molar-refractivity contribution in [3.05, 3.63) is 52.6 Å². The fourth-order valence-corrected chi connectivity index (χ4v) is 1.28. The first-order valence-corrected chi connectivity index (χ1v) is 4.71. The number of aromatic amines is 1. The van der Waals surface area contributed by atoms with Gasteiger partial charge in [0.1, 0.15) is 0 Å². The number of aromatic nitrogens is 2. The van der Waals surface area contributed by atoms with Gasteiger partial charge < -0.3 is 10.3 Å². The summed E-state index contributed by atoms with van der Waals surface area (Å²) in [6, 6.07) is 6.29. The minimum atomic E-state index is -0.418. The quantitative estimate of drug-likeness (QED) is 0.606. The van der Waals surface area contributed by atoms with Crippen LogP contribution in [0, 0.1) is 10.1 Å². The first kappa shape index (κ1) is 10.2. The van der Waals surface area contributed by atoms with E-state index in [0.717, 1.165) is 11.4 Å². The Morgan fingerprint density at radius 3 is 2.69 bits per heavy atom. The van der Waals surface area contributed by atoms with Crippen LogP contribution >= 0.6 is 0 Å². The lowest BCUT2D eigenvalue weighted by molar-refractivity contribution is -0.384. The molecule has 16 heavy (non-hydrogen) atoms. The molecule has 1 aromatic carbocycles. The molecule has 0 radical (unpaired) electrons. The van der Waals surface area contributed by atoms with E-state index < -0.39 is 4.92 Å². The Labute approximate surface area is 91.5 Å². The third-order valence-corrected chi connectivity index (χ3v) is 2.12. The van der Waals surface area contributed by atoms with E-state index in [0.29, 0.717) is 6.54 Å². The van der Waals surface area contributed by atoms with Crippen LogP contribution in [0.1, 0.15) is 5.69 Å². The summed E-state index contributed by atoms with van der Waals surface area (Å²) in [5.74, 6) is 0. The first-order valence-electron chi connectivity index (χ1n) is 4.71. The number of nitrogens with zero attached hydrogens (tertiary/aromatic N) is 2. The molecule has 2 aromatic rings. The molecule has 1 heterocycles. The van der Waals surface area contributed by atoms with Crippen LogP contribution in [0.4, 0.5) is 11.4 Å². The van der Waals surface area contributed by atoms with Crippen LogP contribution in [0.25, 0.3) is 0 Å². The van der Waals surface area contributed by atoms with Crippen LogP contribution < -0.4 is 5.32 Å². The van der Waals surface area contributed by atoms with E-state index in [1.165, 1.54) is 12.1 Å². The predicted molar refractivity (Wildman–Crippen MR) is 59.0 cm³/mol. The molecule has 6 heteroatoms. The second-order valence-electron chi connectivity index (χ2n) is 3.23. The third-order valence-electron chi connectivity index (χ3n) is 2.12. The Balaban J connectivity index is 1.98. The highest BCUT2D eigenvalue weighted by atomic mass is 16.6. The molecule has 0 aliphatic rings. The molecule has 0 atom stereocenters. The van der Waals surface area contributed by atoms with E-state index in [4.69, 9.17) is 0 Å². The Kier molecular flexibility index (Phi) is 2.81. The zero-order chi connectivity index (χ0) is 11.4. The summed E-state index contributed by atoms with van der Waals surface area (Å²) in [6.07, 6.45) is 3.32. The number of anilines is 1. The van der Waals surface area contributed by atoms with Crippen LogP contribution in [-0.4, -0.2) is 14.9 Å². The highest BCUT2D eigenvalue weighted by Crippen LogP contribution is 2.15. The molecule has 0 saturated heterocycles. The number of nitro benzene ring substituents is 1. The van der Waals surface area contributed by atoms with Gasteiger partial charge in [-0.2, -0.15) is 0 Å². The first-order chi connectivity index (χ1) is 7.75. The summed E-state index contributed by atoms with van der Waals surface area (Å²) in [5, 5.41) is 13.5. The Hall–Kier alpha value is -2.37. The van der Waals surface area contributed by atoms with E-state index in [2.05, 4.69) is 15.3 Å². The van der Waals surface area contributed by atoms with Gasteiger partial charge in [-0.1, -0.05) is 0 Å². The summed E-state index contributed by atoms with van der Waals surface area (Å²) < 4.78 is 0. The standard InChI is InChI=1S/C10H10N4O2/c15-14(16)10-3-1-8(2-4-10)12-6-9-5-11-7-13-9/h1-5,7,12H,6H2,(H,11,13). The summed E-state index contributed by atoms with van der Waals surface area (Å²) in [5.41, 5.74) is 1.88. The van der Waals surface area contributed by atoms with Crippen molar-refractivity contribution in [3.8, 4) is 0 Å². The van der Waals surface area contributed by atoms with Crippen molar-refractivity contribution in [2.24, 2.45) is 0 Å². The Bertz CT molecular complexity index is 464. The van der Waals surface area contributed by atoms with Gasteiger partial charge in [-0.15, -0.1) is 0 Å². The largest absolute Gasteiger partial charge is 0.379 e. The van der Waals surface area contributed by atoms with E-state index >= 15 is 0 Å². The lowest BCUT2D eigenvalue weighted by Gasteiger charge is -2.03. The van der Waals surface area contributed by atoms with E-state index in [1.54, 1.807) is 24.7 Å². The van der Waals surface area contributed by atoms with Crippen molar-refractivity contribution in [3.63, 3.8) is 0 Å². The van der Waals surface area contributed by atoms with Crippen molar-refractivity contribution >= 4 is 11.4 Å². The molecular weight excluding hydrogens is 208 g/mol. The second kappa shape index (κ2) is 4.43. The smallest absolute Gasteiger partial charge is 0.269 e. The zero-order valence-electron chi connectivity index (χ0n) is 8.38. The Morgan fingerprint density at radius 2 is 2.12 bits per heavy atom. The fourth-order valence-electron chi connectivity index (χ4n) is 1.28. The van der Waals surface area contributed by atoms with Gasteiger partial charge in [0, 0.05) is 24.0 Å². The number of non-ortho nitro benzene ring substituents is 1. The SMILES string of the molecule is O=[N+]([O-])c1ccc(NCc2cnc[nH]2)cc1. The maximum absolute atomic E-state index is 10.4. The zero-order valence-corrected chi connectivity index (χ0v) is 8.38. The van der Waals surface area contributed by atoms with E-state index in [1.807, 2.05) is 0 Å². The number of hydrogen-bond donors (Lipinski definition) is 2. The molecule has 0 fully saturated rings. The average Bonchev–Trinajstić information content (AvgIpc) is 2.80. The molecule has 0 spiro atoms. The molecule has 6 nitrogen and oxygen atoms in total. The summed E-state index contributed by atoms with van der Waals surface area (Å²) >= 11 is 0. The van der Waals surface area contributed by atoms with E-state index in [9.17, 15) is 10.1 Å². The molecule has 0 bridgehead atoms. The molecular formula is C10H10N4O2. The normalized spacial score (nSPS) is 10.0. The monoisotopic (exact) mass is 218 g/mol. The lowest BCUT2D eigenvalue weighted by Crippen LogP contribution is -1.99. The van der Waals surface area contributed by atoms with Gasteiger partial charge in [0.05, 0.1) is 23.5 Å². The molecule has 2 N–H and O–H groups in total. The van der Waals surface area contributed by atoms with Gasteiger partial charge in [-0.25, -0.2) is 4.98 Å². The van der Waals surface area contributed by atoms with Gasteiger partial charge in [0.2, 0.25) is 0 Å². The van der Waals surface area contributed by atoms with Gasteiger partial charge in [-0.3, -0.25) is 10.1 Å². The minimum Gasteiger partial charge on any atom is -0.379 e. The number of nitrogens with one attached hydrogen (secondary N) is 2. The van der Waals surface area contributed by atoms with Gasteiger partial charge in [0.25, 0.3) is 5.69 Å². The van der Waals surface area contributed by atoms with Gasteiger partial charge in [-0.05, 0) is 12.1 Å². The Morgan fingerprint density at radius 1 is 1.38 bits per heavy atom. The average molecular weight is 218 g/mol. The predicted octanol–water partition coefficient (Wildman–Crippen LogP) is 1.93. The van der Waals surface area contributed by atoms with Crippen molar-refractivity contribution in [1.29, 1.82) is 0 Å². The van der Waals surface area contributed by atoms with Crippen molar-refractivity contribution in [1.82, 2.24) is 9.97 Å². The van der Waals surface area contributed by atoms with Crippen LogP contribution in [0.2, 0.25) is 0 Å². The van der Waals surface area contributed by atoms with E-state index in [-0.39, 0.29) is 5.69 Å². The number of nitro groups is 1. The number of imidazole rings is 1. The van der Waals surface area contributed by atoms with Crippen molar-refractivity contribution in [2.75, 3.05) is 5.32 Å². The molecule has 0 aliphatic carbocycles. The van der Waals surface area contributed by atoms with Crippen LogP contribution in [0.15, 0.2) is 36.8 Å². The summed E-state index contributed by atoms with van der Waals surface area (Å²) in [6.45, 7) is 0.609. The lowest BCUT2D eigenvalue weighted by atomic mass is 10.3. The molecule has 82 valence electrons. The van der Waals surface area contributed by atoms with Gasteiger partial charge in [0.15, 0.2) is 0 Å². The topological polar surface area (TPSA) is 83.8 Å². The molecule has 0 aliphatic heterocycles. The number of hydrogen-bond acceptors (Lipinski definition) is 4. The van der Waals surface area contributed by atoms with Crippen molar-refractivity contribution < 1.29 is 4.92 Å². The molecule has 2 rings (SSSR count). The summed E-state index contributed by atoms with van der Waals surface area (Å²) in [7, 11) is 0. The minimum absolute atomic E-state index is 0.0899. The molecule has 0 saturated carbocycles. The van der Waals surface area contributed by atoms with Gasteiger partial charge >= 0.3 is 0 Å². The maximum Gasteiger partial charge on any atom is 0.269 e. The number of H-pyrrole nitrogens is 1. The molecule has 1 aromatic heterocycles. The third kappa shape index (κ3) is 2.35. The molecule has 0 amide bonds. The van der Waals surface area contributed by atoms with Crippen LogP contribution in [-0.2, 0) is 6.54 Å². The fraction of sp³-hybridized carbons (Fsp3) is 0.100. The highest BCUT2D eigenvalue weighted by Gasteiger charge is 2.03. The van der Waals surface area contributed by atoms with Crippen LogP contribution in [0.3, 0.4) is 0 Å². The highest BCUT2D eigenvalue weighted by molar-refractivity contribution is 5.48. The second-order valence-corrected chi connectivity index (χ2v) is 3.23.